The van der Waals surface area contributed by atoms with E-state index in [0.29, 0.717) is 5.82 Å². The number of hydrogen-bond donors (Lipinski definition) is 2. The summed E-state index contributed by atoms with van der Waals surface area (Å²) in [5, 5.41) is 10.8. The smallest absolute Gasteiger partial charge is 0.292 e. The molecule has 4 aromatic rings. The third kappa shape index (κ3) is 2.93. The molecule has 0 aliphatic carbocycles. The molecule has 26 heavy (non-hydrogen) atoms. The number of aromatic nitrogens is 2. The predicted octanol–water partition coefficient (Wildman–Crippen LogP) is 4.14. The summed E-state index contributed by atoms with van der Waals surface area (Å²) in [5.74, 6) is 0.404. The molecule has 0 aliphatic heterocycles. The molecule has 0 saturated heterocycles. The first kappa shape index (κ1) is 16.0. The number of furan rings is 1. The Balaban J connectivity index is 1.62. The van der Waals surface area contributed by atoms with Crippen LogP contribution in [0.2, 0.25) is 0 Å². The zero-order valence-electron chi connectivity index (χ0n) is 14.5. The van der Waals surface area contributed by atoms with Crippen molar-refractivity contribution < 1.29 is 9.21 Å². The van der Waals surface area contributed by atoms with Crippen LogP contribution in [0.3, 0.4) is 0 Å². The van der Waals surface area contributed by atoms with Crippen LogP contribution in [-0.4, -0.2) is 30.2 Å². The number of hydrogen-bond acceptors (Lipinski definition) is 4. The van der Waals surface area contributed by atoms with Crippen molar-refractivity contribution in [3.05, 3.63) is 66.6 Å². The van der Waals surface area contributed by atoms with Gasteiger partial charge in [0.05, 0.1) is 11.8 Å². The van der Waals surface area contributed by atoms with Crippen molar-refractivity contribution in [2.45, 2.75) is 0 Å². The first-order valence-corrected chi connectivity index (χ1v) is 8.22. The van der Waals surface area contributed by atoms with Crippen LogP contribution < -0.4 is 10.2 Å². The van der Waals surface area contributed by atoms with Gasteiger partial charge in [0.15, 0.2) is 11.6 Å². The minimum absolute atomic E-state index is 0.249. The monoisotopic (exact) mass is 346 g/mol. The standard InChI is InChI=1S/C20H18N4O2/c1-24(2)15-8-5-13(6-9-15)14-7-10-16-17(12-14)22-23-19(16)21-20(25)18-4-3-11-26-18/h3-12H,1-2H3,(H2,21,22,23,25). The summed E-state index contributed by atoms with van der Waals surface area (Å²) in [6.07, 6.45) is 1.46. The van der Waals surface area contributed by atoms with E-state index >= 15 is 0 Å². The molecule has 4 rings (SSSR count). The molecule has 0 unspecified atom stereocenters. The van der Waals surface area contributed by atoms with Crippen LogP contribution in [0.4, 0.5) is 11.5 Å². The lowest BCUT2D eigenvalue weighted by Crippen LogP contribution is -2.11. The summed E-state index contributed by atoms with van der Waals surface area (Å²) < 4.78 is 5.11. The maximum absolute atomic E-state index is 12.1. The fourth-order valence-electron chi connectivity index (χ4n) is 2.82. The van der Waals surface area contributed by atoms with E-state index in [1.54, 1.807) is 12.1 Å². The maximum Gasteiger partial charge on any atom is 0.292 e. The van der Waals surface area contributed by atoms with Gasteiger partial charge in [0, 0.05) is 25.2 Å². The fourth-order valence-corrected chi connectivity index (χ4v) is 2.82. The van der Waals surface area contributed by atoms with E-state index in [9.17, 15) is 4.79 Å². The number of carbonyl (C=O) groups excluding carboxylic acids is 1. The molecule has 2 aromatic carbocycles. The molecule has 0 bridgehead atoms. The highest BCUT2D eigenvalue weighted by Crippen LogP contribution is 2.28. The minimum Gasteiger partial charge on any atom is -0.459 e. The van der Waals surface area contributed by atoms with Crippen LogP contribution in [0.1, 0.15) is 10.6 Å². The number of amides is 1. The number of benzene rings is 2. The molecule has 0 saturated carbocycles. The van der Waals surface area contributed by atoms with Gasteiger partial charge in [-0.25, -0.2) is 0 Å². The van der Waals surface area contributed by atoms with E-state index in [0.717, 1.165) is 27.7 Å². The molecule has 0 spiro atoms. The SMILES string of the molecule is CN(C)c1ccc(-c2ccc3c(NC(=O)c4ccco4)n[nH]c3c2)cc1. The lowest BCUT2D eigenvalue weighted by atomic mass is 10.0. The van der Waals surface area contributed by atoms with Crippen LogP contribution in [0.25, 0.3) is 22.0 Å². The van der Waals surface area contributed by atoms with Crippen molar-refractivity contribution in [1.29, 1.82) is 0 Å². The van der Waals surface area contributed by atoms with Gasteiger partial charge in [-0.3, -0.25) is 9.89 Å². The molecule has 0 fully saturated rings. The van der Waals surface area contributed by atoms with Crippen LogP contribution >= 0.6 is 0 Å². The van der Waals surface area contributed by atoms with Gasteiger partial charge in [0.2, 0.25) is 0 Å². The summed E-state index contributed by atoms with van der Waals surface area (Å²) in [5.41, 5.74) is 4.21. The zero-order chi connectivity index (χ0) is 18.1. The Hall–Kier alpha value is -3.54. The molecule has 1 amide bonds. The average molecular weight is 346 g/mol. The maximum atomic E-state index is 12.1. The van der Waals surface area contributed by atoms with Crippen LogP contribution in [-0.2, 0) is 0 Å². The molecular weight excluding hydrogens is 328 g/mol. The van der Waals surface area contributed by atoms with Gasteiger partial charge in [-0.1, -0.05) is 18.2 Å². The topological polar surface area (TPSA) is 74.2 Å². The Morgan fingerprint density at radius 1 is 1.08 bits per heavy atom. The largest absolute Gasteiger partial charge is 0.459 e. The average Bonchev–Trinajstić information content (AvgIpc) is 3.32. The molecule has 2 aromatic heterocycles. The first-order chi connectivity index (χ1) is 12.6. The summed E-state index contributed by atoms with van der Waals surface area (Å²) >= 11 is 0. The second-order valence-electron chi connectivity index (χ2n) is 6.21. The molecule has 0 aliphatic rings. The van der Waals surface area contributed by atoms with E-state index in [2.05, 4.69) is 44.7 Å². The second kappa shape index (κ2) is 6.40. The van der Waals surface area contributed by atoms with E-state index in [1.807, 2.05) is 32.3 Å². The van der Waals surface area contributed by atoms with E-state index in [1.165, 1.54) is 6.26 Å². The minimum atomic E-state index is -0.327. The normalized spacial score (nSPS) is 10.8. The number of nitrogens with zero attached hydrogens (tertiary/aromatic N) is 2. The highest BCUT2D eigenvalue weighted by molar-refractivity contribution is 6.06. The Kier molecular flexibility index (Phi) is 3.93. The van der Waals surface area contributed by atoms with Crippen LogP contribution in [0.5, 0.6) is 0 Å². The molecule has 2 heterocycles. The third-order valence-corrected chi connectivity index (χ3v) is 4.26. The van der Waals surface area contributed by atoms with Crippen molar-refractivity contribution in [2.24, 2.45) is 0 Å². The Morgan fingerprint density at radius 3 is 2.54 bits per heavy atom. The lowest BCUT2D eigenvalue weighted by Gasteiger charge is -2.12. The third-order valence-electron chi connectivity index (χ3n) is 4.26. The molecule has 2 N–H and O–H groups in total. The Morgan fingerprint density at radius 2 is 1.85 bits per heavy atom. The number of H-pyrrole nitrogens is 1. The summed E-state index contributed by atoms with van der Waals surface area (Å²) in [7, 11) is 4.04. The van der Waals surface area contributed by atoms with Crippen molar-refractivity contribution in [1.82, 2.24) is 10.2 Å². The number of anilines is 2. The summed E-state index contributed by atoms with van der Waals surface area (Å²) in [6, 6.07) is 17.6. The van der Waals surface area contributed by atoms with Crippen molar-refractivity contribution in [3.8, 4) is 11.1 Å². The van der Waals surface area contributed by atoms with Gasteiger partial charge >= 0.3 is 0 Å². The van der Waals surface area contributed by atoms with Crippen molar-refractivity contribution in [3.63, 3.8) is 0 Å². The van der Waals surface area contributed by atoms with Gasteiger partial charge in [-0.2, -0.15) is 5.10 Å². The lowest BCUT2D eigenvalue weighted by molar-refractivity contribution is 0.0996. The summed E-state index contributed by atoms with van der Waals surface area (Å²) in [4.78, 5) is 14.2. The van der Waals surface area contributed by atoms with Crippen molar-refractivity contribution in [2.75, 3.05) is 24.3 Å². The van der Waals surface area contributed by atoms with Gasteiger partial charge in [0.25, 0.3) is 5.91 Å². The van der Waals surface area contributed by atoms with Gasteiger partial charge in [-0.05, 0) is 47.5 Å². The van der Waals surface area contributed by atoms with E-state index < -0.39 is 0 Å². The highest BCUT2D eigenvalue weighted by atomic mass is 16.3. The van der Waals surface area contributed by atoms with E-state index in [4.69, 9.17) is 4.42 Å². The molecule has 0 radical (unpaired) electrons. The zero-order valence-corrected chi connectivity index (χ0v) is 14.5. The van der Waals surface area contributed by atoms with Gasteiger partial charge in [-0.15, -0.1) is 0 Å². The van der Waals surface area contributed by atoms with Crippen molar-refractivity contribution >= 4 is 28.3 Å². The number of fused-ring (bicyclic) bond motifs is 1. The van der Waals surface area contributed by atoms with Gasteiger partial charge < -0.3 is 14.6 Å². The van der Waals surface area contributed by atoms with Crippen LogP contribution in [0, 0.1) is 0 Å². The highest BCUT2D eigenvalue weighted by Gasteiger charge is 2.13. The number of carbonyl (C=O) groups is 1. The van der Waals surface area contributed by atoms with E-state index in [-0.39, 0.29) is 11.7 Å². The molecule has 0 atom stereocenters. The quantitative estimate of drug-likeness (QED) is 0.582. The molecule has 130 valence electrons. The number of aromatic amines is 1. The van der Waals surface area contributed by atoms with Gasteiger partial charge in [0.1, 0.15) is 0 Å². The second-order valence-corrected chi connectivity index (χ2v) is 6.21. The number of nitrogens with one attached hydrogen (secondary N) is 2. The fraction of sp³-hybridized carbons (Fsp3) is 0.100. The number of rotatable bonds is 4. The first-order valence-electron chi connectivity index (χ1n) is 8.22. The predicted molar refractivity (Wildman–Crippen MR) is 103 cm³/mol. The Labute approximate surface area is 150 Å². The Bertz CT molecular complexity index is 1050. The molecular formula is C20H18N4O2. The van der Waals surface area contributed by atoms with Crippen LogP contribution in [0.15, 0.2) is 65.3 Å². The molecule has 6 nitrogen and oxygen atoms in total. The summed E-state index contributed by atoms with van der Waals surface area (Å²) in [6.45, 7) is 0. The molecule has 6 heteroatoms.